The van der Waals surface area contributed by atoms with Crippen LogP contribution in [0, 0.1) is 0 Å². The van der Waals surface area contributed by atoms with Gasteiger partial charge in [0.2, 0.25) is 0 Å². The summed E-state index contributed by atoms with van der Waals surface area (Å²) in [5.41, 5.74) is 4.00. The van der Waals surface area contributed by atoms with E-state index in [1.165, 1.54) is 55.2 Å². The number of rotatable bonds is 16. The van der Waals surface area contributed by atoms with Gasteiger partial charge in [-0.1, -0.05) is 148 Å². The zero-order chi connectivity index (χ0) is 27.0. The maximum absolute atomic E-state index is 12.0. The average molecular weight is 537 g/mol. The number of thioether (sulfide) groups is 1. The highest BCUT2D eigenvalue weighted by Crippen LogP contribution is 2.48. The van der Waals surface area contributed by atoms with Gasteiger partial charge >= 0.3 is 5.97 Å². The third kappa shape index (κ3) is 8.60. The van der Waals surface area contributed by atoms with Crippen LogP contribution >= 0.6 is 11.8 Å². The average Bonchev–Trinajstić information content (AvgIpc) is 3.00. The van der Waals surface area contributed by atoms with E-state index in [0.29, 0.717) is 12.2 Å². The molecule has 4 aromatic carbocycles. The first-order valence-corrected chi connectivity index (χ1v) is 15.3. The number of unbranched alkanes of at least 4 members (excludes halogenated alkanes) is 7. The lowest BCUT2D eigenvalue weighted by Gasteiger charge is -2.35. The zero-order valence-corrected chi connectivity index (χ0v) is 23.7. The molecule has 39 heavy (non-hydrogen) atoms. The fraction of sp³-hybridized carbons (Fsp3) is 0.306. The number of carbonyl (C=O) groups excluding carboxylic acids is 1. The highest BCUT2D eigenvalue weighted by molar-refractivity contribution is 8.00. The lowest BCUT2D eigenvalue weighted by atomic mass is 9.84. The second-order valence-electron chi connectivity index (χ2n) is 9.99. The molecule has 0 aromatic heterocycles. The van der Waals surface area contributed by atoms with Crippen LogP contribution in [0.15, 0.2) is 121 Å². The van der Waals surface area contributed by atoms with Gasteiger partial charge in [0, 0.05) is 6.42 Å². The summed E-state index contributed by atoms with van der Waals surface area (Å²) in [5.74, 6) is 1.62. The molecule has 0 N–H and O–H groups in total. The van der Waals surface area contributed by atoms with Crippen molar-refractivity contribution < 1.29 is 9.53 Å². The smallest absolute Gasteiger partial charge is 0.311 e. The van der Waals surface area contributed by atoms with E-state index < -0.39 is 0 Å². The van der Waals surface area contributed by atoms with Crippen LogP contribution in [-0.4, -0.2) is 11.7 Å². The summed E-state index contributed by atoms with van der Waals surface area (Å²) >= 11 is 2.06. The monoisotopic (exact) mass is 536 g/mol. The Morgan fingerprint density at radius 1 is 0.513 bits per heavy atom. The van der Waals surface area contributed by atoms with E-state index in [1.807, 2.05) is 30.3 Å². The number of benzene rings is 4. The van der Waals surface area contributed by atoms with Crippen LogP contribution in [-0.2, 0) is 9.54 Å². The number of hydrogen-bond acceptors (Lipinski definition) is 3. The summed E-state index contributed by atoms with van der Waals surface area (Å²) < 4.78 is 5.15. The standard InChI is InChI=1S/C36H40O2S/c37-35(38-34-27-17-10-18-28-34)29-19-5-3-1-2-4-6-20-30-39-36(31-21-11-7-12-22-31,32-23-13-8-14-24-32)33-25-15-9-16-26-33/h7-18,21-28H,1-6,19-20,29-30H2. The highest BCUT2D eigenvalue weighted by atomic mass is 32.2. The first kappa shape index (κ1) is 28.7. The minimum atomic E-state index is -0.217. The molecule has 202 valence electrons. The normalized spacial score (nSPS) is 11.3. The van der Waals surface area contributed by atoms with Gasteiger partial charge in [0.15, 0.2) is 0 Å². The van der Waals surface area contributed by atoms with Gasteiger partial charge in [0.25, 0.3) is 0 Å². The minimum absolute atomic E-state index is 0.128. The quantitative estimate of drug-likeness (QED) is 0.0617. The molecule has 4 aromatic rings. The van der Waals surface area contributed by atoms with Crippen LogP contribution in [0.2, 0.25) is 0 Å². The third-order valence-electron chi connectivity index (χ3n) is 7.11. The van der Waals surface area contributed by atoms with Gasteiger partial charge in [0.05, 0.1) is 4.75 Å². The first-order chi connectivity index (χ1) is 19.3. The van der Waals surface area contributed by atoms with E-state index in [1.54, 1.807) is 0 Å². The van der Waals surface area contributed by atoms with Crippen LogP contribution in [0.3, 0.4) is 0 Å². The molecule has 0 aliphatic rings. The lowest BCUT2D eigenvalue weighted by molar-refractivity contribution is -0.134. The van der Waals surface area contributed by atoms with Crippen molar-refractivity contribution in [3.05, 3.63) is 138 Å². The first-order valence-electron chi connectivity index (χ1n) is 14.4. The van der Waals surface area contributed by atoms with Crippen molar-refractivity contribution in [2.75, 3.05) is 5.75 Å². The molecule has 0 aliphatic heterocycles. The second-order valence-corrected chi connectivity index (χ2v) is 11.3. The van der Waals surface area contributed by atoms with Crippen LogP contribution in [0.4, 0.5) is 0 Å². The van der Waals surface area contributed by atoms with Crippen molar-refractivity contribution in [1.82, 2.24) is 0 Å². The van der Waals surface area contributed by atoms with E-state index in [0.717, 1.165) is 18.6 Å². The SMILES string of the molecule is O=C(CCCCCCCCCCSC(c1ccccc1)(c1ccccc1)c1ccccc1)Oc1ccccc1. The van der Waals surface area contributed by atoms with E-state index in [2.05, 4.69) is 103 Å². The fourth-order valence-electron chi connectivity index (χ4n) is 5.10. The van der Waals surface area contributed by atoms with Gasteiger partial charge in [0.1, 0.15) is 5.75 Å². The largest absolute Gasteiger partial charge is 0.427 e. The van der Waals surface area contributed by atoms with Gasteiger partial charge in [-0.25, -0.2) is 0 Å². The molecule has 0 spiro atoms. The summed E-state index contributed by atoms with van der Waals surface area (Å²) in [6.07, 6.45) is 9.92. The Hall–Kier alpha value is -3.30. The Balaban J connectivity index is 1.20. The summed E-state index contributed by atoms with van der Waals surface area (Å²) in [4.78, 5) is 12.0. The highest BCUT2D eigenvalue weighted by Gasteiger charge is 2.36. The van der Waals surface area contributed by atoms with Gasteiger partial charge < -0.3 is 4.74 Å². The molecular formula is C36H40O2S. The van der Waals surface area contributed by atoms with Crippen molar-refractivity contribution in [1.29, 1.82) is 0 Å². The minimum Gasteiger partial charge on any atom is -0.427 e. The Morgan fingerprint density at radius 2 is 0.897 bits per heavy atom. The second kappa shape index (κ2) is 16.0. The predicted molar refractivity (Wildman–Crippen MR) is 165 cm³/mol. The van der Waals surface area contributed by atoms with Gasteiger partial charge in [-0.3, -0.25) is 4.79 Å². The third-order valence-corrected chi connectivity index (χ3v) is 8.74. The van der Waals surface area contributed by atoms with E-state index >= 15 is 0 Å². The summed E-state index contributed by atoms with van der Waals surface area (Å²) in [6.45, 7) is 0. The number of hydrogen-bond donors (Lipinski definition) is 0. The van der Waals surface area contributed by atoms with Crippen LogP contribution in [0.5, 0.6) is 5.75 Å². The molecule has 4 rings (SSSR count). The molecule has 2 nitrogen and oxygen atoms in total. The number of para-hydroxylation sites is 1. The predicted octanol–water partition coefficient (Wildman–Crippen LogP) is 9.83. The topological polar surface area (TPSA) is 26.3 Å². The summed E-state index contributed by atoms with van der Waals surface area (Å²) in [6, 6.07) is 42.2. The molecule has 0 saturated carbocycles. The van der Waals surface area contributed by atoms with Crippen molar-refractivity contribution in [3.8, 4) is 5.75 Å². The van der Waals surface area contributed by atoms with Gasteiger partial charge in [-0.2, -0.15) is 0 Å². The van der Waals surface area contributed by atoms with Gasteiger partial charge in [-0.05, 0) is 47.4 Å². The maximum atomic E-state index is 12.0. The molecule has 0 radical (unpaired) electrons. The molecule has 0 unspecified atom stereocenters. The molecule has 0 atom stereocenters. The molecule has 0 aliphatic carbocycles. The Bertz CT molecular complexity index is 1110. The Morgan fingerprint density at radius 3 is 1.36 bits per heavy atom. The van der Waals surface area contributed by atoms with Crippen LogP contribution in [0.25, 0.3) is 0 Å². The molecule has 0 saturated heterocycles. The van der Waals surface area contributed by atoms with Crippen molar-refractivity contribution in [3.63, 3.8) is 0 Å². The molecule has 0 heterocycles. The number of carbonyl (C=O) groups is 1. The maximum Gasteiger partial charge on any atom is 0.311 e. The summed E-state index contributed by atoms with van der Waals surface area (Å²) in [7, 11) is 0. The fourth-order valence-corrected chi connectivity index (χ4v) is 6.66. The Labute approximate surface area is 238 Å². The van der Waals surface area contributed by atoms with Gasteiger partial charge in [-0.15, -0.1) is 11.8 Å². The lowest BCUT2D eigenvalue weighted by Crippen LogP contribution is -2.26. The summed E-state index contributed by atoms with van der Waals surface area (Å²) in [5, 5.41) is 0. The molecular weight excluding hydrogens is 496 g/mol. The molecule has 0 fully saturated rings. The Kier molecular flexibility index (Phi) is 11.7. The van der Waals surface area contributed by atoms with Crippen molar-refractivity contribution in [2.45, 2.75) is 62.5 Å². The van der Waals surface area contributed by atoms with Crippen LogP contribution < -0.4 is 4.74 Å². The van der Waals surface area contributed by atoms with Crippen molar-refractivity contribution >= 4 is 17.7 Å². The van der Waals surface area contributed by atoms with E-state index in [-0.39, 0.29) is 10.7 Å². The van der Waals surface area contributed by atoms with Crippen molar-refractivity contribution in [2.24, 2.45) is 0 Å². The zero-order valence-electron chi connectivity index (χ0n) is 22.8. The number of ether oxygens (including phenoxy) is 1. The van der Waals surface area contributed by atoms with Crippen LogP contribution in [0.1, 0.15) is 74.5 Å². The van der Waals surface area contributed by atoms with E-state index in [4.69, 9.17) is 4.74 Å². The molecule has 0 amide bonds. The molecule has 3 heteroatoms. The van der Waals surface area contributed by atoms with E-state index in [9.17, 15) is 4.79 Å². The molecule has 0 bridgehead atoms. The number of esters is 1.